The average molecular weight is 412 g/mol. The normalized spacial score (nSPS) is 19.1. The first-order valence-corrected chi connectivity index (χ1v) is 11.6. The highest BCUT2D eigenvalue weighted by atomic mass is 32.2. The van der Waals surface area contributed by atoms with Crippen molar-refractivity contribution in [3.05, 3.63) is 48.3 Å². The zero-order valence-electron chi connectivity index (χ0n) is 17.0. The first-order valence-electron chi connectivity index (χ1n) is 10.5. The highest BCUT2D eigenvalue weighted by Gasteiger charge is 2.26. The van der Waals surface area contributed by atoms with E-state index in [1.807, 2.05) is 49.3 Å². The van der Waals surface area contributed by atoms with Crippen LogP contribution in [-0.2, 0) is 4.79 Å². The van der Waals surface area contributed by atoms with Gasteiger partial charge in [-0.15, -0.1) is 0 Å². The van der Waals surface area contributed by atoms with E-state index in [1.54, 1.807) is 0 Å². The molecule has 0 spiro atoms. The molecule has 154 valence electrons. The number of anilines is 2. The maximum Gasteiger partial charge on any atom is 0.225 e. The van der Waals surface area contributed by atoms with Gasteiger partial charge in [-0.3, -0.25) is 4.79 Å². The molecule has 2 fully saturated rings. The number of hydrogen-bond donors (Lipinski definition) is 1. The van der Waals surface area contributed by atoms with Gasteiger partial charge < -0.3 is 15.1 Å². The highest BCUT2D eigenvalue weighted by Crippen LogP contribution is 2.24. The number of benzene rings is 1. The summed E-state index contributed by atoms with van der Waals surface area (Å²) in [6.45, 7) is 5.81. The number of nitrogens with one attached hydrogen (secondary N) is 1. The number of carbonyl (C=O) groups is 1. The fraction of sp³-hybridized carbons (Fsp3) is 0.500. The van der Waals surface area contributed by atoms with E-state index in [9.17, 15) is 4.79 Å². The lowest BCUT2D eigenvalue weighted by Gasteiger charge is -2.33. The Morgan fingerprint density at radius 3 is 2.34 bits per heavy atom. The van der Waals surface area contributed by atoms with E-state index in [2.05, 4.69) is 37.2 Å². The van der Waals surface area contributed by atoms with Crippen LogP contribution in [0.15, 0.2) is 42.7 Å². The average Bonchev–Trinajstić information content (AvgIpc) is 2.80. The molecule has 29 heavy (non-hydrogen) atoms. The molecule has 2 aromatic rings. The standard InChI is InChI=1S/C22H29N5OS/c1-17(18-5-3-2-4-6-18)25-21(28)19-7-9-26(10-8-19)20-15-23-22(24-16-20)27-11-13-29-14-12-27/h2-6,15-17,19H,7-14H2,1H3,(H,25,28). The summed E-state index contributed by atoms with van der Waals surface area (Å²) in [6, 6.07) is 10.2. The van der Waals surface area contributed by atoms with Crippen molar-refractivity contribution < 1.29 is 4.79 Å². The van der Waals surface area contributed by atoms with E-state index in [0.717, 1.165) is 67.7 Å². The van der Waals surface area contributed by atoms with Gasteiger partial charge in [0.1, 0.15) is 0 Å². The van der Waals surface area contributed by atoms with Gasteiger partial charge in [0.25, 0.3) is 0 Å². The van der Waals surface area contributed by atoms with E-state index >= 15 is 0 Å². The van der Waals surface area contributed by atoms with Crippen molar-refractivity contribution >= 4 is 29.3 Å². The van der Waals surface area contributed by atoms with Crippen molar-refractivity contribution in [1.29, 1.82) is 0 Å². The summed E-state index contributed by atoms with van der Waals surface area (Å²) in [5, 5.41) is 3.17. The van der Waals surface area contributed by atoms with Gasteiger partial charge in [-0.1, -0.05) is 30.3 Å². The van der Waals surface area contributed by atoms with Crippen LogP contribution in [0.25, 0.3) is 0 Å². The molecule has 4 rings (SSSR count). The summed E-state index contributed by atoms with van der Waals surface area (Å²) in [5.41, 5.74) is 2.19. The monoisotopic (exact) mass is 411 g/mol. The van der Waals surface area contributed by atoms with E-state index in [1.165, 1.54) is 0 Å². The van der Waals surface area contributed by atoms with Crippen molar-refractivity contribution in [3.63, 3.8) is 0 Å². The van der Waals surface area contributed by atoms with Gasteiger partial charge in [-0.05, 0) is 25.3 Å². The minimum absolute atomic E-state index is 0.0378. The molecule has 0 bridgehead atoms. The first kappa shape index (κ1) is 20.0. The van der Waals surface area contributed by atoms with E-state index in [0.29, 0.717) is 0 Å². The van der Waals surface area contributed by atoms with Crippen LogP contribution in [0.5, 0.6) is 0 Å². The van der Waals surface area contributed by atoms with E-state index in [-0.39, 0.29) is 17.9 Å². The van der Waals surface area contributed by atoms with Gasteiger partial charge >= 0.3 is 0 Å². The Bertz CT molecular complexity index is 787. The molecule has 1 aromatic carbocycles. The SMILES string of the molecule is CC(NC(=O)C1CCN(c2cnc(N3CCSCC3)nc2)CC1)c1ccccc1. The number of nitrogens with zero attached hydrogens (tertiary/aromatic N) is 4. The summed E-state index contributed by atoms with van der Waals surface area (Å²) in [4.78, 5) is 26.4. The third-order valence-corrected chi connectivity index (χ3v) is 6.75. The maximum absolute atomic E-state index is 12.7. The molecule has 1 unspecified atom stereocenters. The van der Waals surface area contributed by atoms with Gasteiger partial charge in [-0.25, -0.2) is 9.97 Å². The fourth-order valence-corrected chi connectivity index (χ4v) is 4.86. The molecule has 7 heteroatoms. The Hall–Kier alpha value is -2.28. The smallest absolute Gasteiger partial charge is 0.225 e. The predicted molar refractivity (Wildman–Crippen MR) is 120 cm³/mol. The van der Waals surface area contributed by atoms with Gasteiger partial charge in [0.15, 0.2) is 0 Å². The molecule has 1 atom stereocenters. The molecule has 3 heterocycles. The number of rotatable bonds is 5. The van der Waals surface area contributed by atoms with Gasteiger partial charge in [0, 0.05) is 43.6 Å². The third kappa shape index (κ3) is 5.01. The summed E-state index contributed by atoms with van der Waals surface area (Å²) < 4.78 is 0. The molecule has 1 N–H and O–H groups in total. The molecule has 0 saturated carbocycles. The molecule has 0 aliphatic carbocycles. The minimum atomic E-state index is 0.0378. The number of amides is 1. The van der Waals surface area contributed by atoms with Crippen molar-refractivity contribution in [2.24, 2.45) is 5.92 Å². The summed E-state index contributed by atoms with van der Waals surface area (Å²) in [6.07, 6.45) is 5.58. The highest BCUT2D eigenvalue weighted by molar-refractivity contribution is 7.99. The summed E-state index contributed by atoms with van der Waals surface area (Å²) in [7, 11) is 0. The lowest BCUT2D eigenvalue weighted by Crippen LogP contribution is -2.41. The van der Waals surface area contributed by atoms with Crippen LogP contribution in [0.2, 0.25) is 0 Å². The van der Waals surface area contributed by atoms with Crippen LogP contribution in [-0.4, -0.2) is 53.6 Å². The van der Waals surface area contributed by atoms with Gasteiger partial charge in [0.2, 0.25) is 11.9 Å². The van der Waals surface area contributed by atoms with Crippen LogP contribution in [0.3, 0.4) is 0 Å². The van der Waals surface area contributed by atoms with Crippen molar-refractivity contribution in [3.8, 4) is 0 Å². The molecule has 2 aliphatic rings. The molecular weight excluding hydrogens is 382 g/mol. The molecular formula is C22H29N5OS. The Morgan fingerprint density at radius 2 is 1.69 bits per heavy atom. The summed E-state index contributed by atoms with van der Waals surface area (Å²) >= 11 is 1.99. The Labute approximate surface area is 177 Å². The number of piperidine rings is 1. The second-order valence-electron chi connectivity index (χ2n) is 7.74. The maximum atomic E-state index is 12.7. The molecule has 1 amide bonds. The quantitative estimate of drug-likeness (QED) is 0.816. The van der Waals surface area contributed by atoms with E-state index in [4.69, 9.17) is 0 Å². The van der Waals surface area contributed by atoms with Crippen molar-refractivity contribution in [1.82, 2.24) is 15.3 Å². The Morgan fingerprint density at radius 1 is 1.03 bits per heavy atom. The van der Waals surface area contributed by atoms with E-state index < -0.39 is 0 Å². The van der Waals surface area contributed by atoms with Crippen LogP contribution in [0, 0.1) is 5.92 Å². The van der Waals surface area contributed by atoms with Crippen molar-refractivity contribution in [2.45, 2.75) is 25.8 Å². The first-order chi connectivity index (χ1) is 14.2. The largest absolute Gasteiger partial charge is 0.369 e. The van der Waals surface area contributed by atoms with Crippen LogP contribution >= 0.6 is 11.8 Å². The zero-order valence-corrected chi connectivity index (χ0v) is 17.8. The fourth-order valence-electron chi connectivity index (χ4n) is 3.96. The lowest BCUT2D eigenvalue weighted by molar-refractivity contribution is -0.126. The Balaban J connectivity index is 1.28. The van der Waals surface area contributed by atoms with Crippen LogP contribution in [0.1, 0.15) is 31.4 Å². The van der Waals surface area contributed by atoms with Crippen LogP contribution < -0.4 is 15.1 Å². The van der Waals surface area contributed by atoms with Gasteiger partial charge in [0.05, 0.1) is 24.1 Å². The number of thioether (sulfide) groups is 1. The Kier molecular flexibility index (Phi) is 6.54. The molecule has 2 saturated heterocycles. The predicted octanol–water partition coefficient (Wildman–Crippen LogP) is 3.12. The number of hydrogen-bond acceptors (Lipinski definition) is 6. The second-order valence-corrected chi connectivity index (χ2v) is 8.97. The van der Waals surface area contributed by atoms with Crippen LogP contribution in [0.4, 0.5) is 11.6 Å². The molecule has 2 aliphatic heterocycles. The molecule has 0 radical (unpaired) electrons. The second kappa shape index (κ2) is 9.48. The van der Waals surface area contributed by atoms with Gasteiger partial charge in [-0.2, -0.15) is 11.8 Å². The van der Waals surface area contributed by atoms with Crippen molar-refractivity contribution in [2.75, 3.05) is 47.5 Å². The molecule has 1 aromatic heterocycles. The lowest BCUT2D eigenvalue weighted by atomic mass is 9.95. The number of carbonyl (C=O) groups excluding carboxylic acids is 1. The number of aromatic nitrogens is 2. The third-order valence-electron chi connectivity index (χ3n) is 5.81. The molecule has 6 nitrogen and oxygen atoms in total. The summed E-state index contributed by atoms with van der Waals surface area (Å²) in [5.74, 6) is 3.35. The zero-order chi connectivity index (χ0) is 20.1. The minimum Gasteiger partial charge on any atom is -0.369 e. The topological polar surface area (TPSA) is 61.4 Å².